The Kier molecular flexibility index (Phi) is 6.98. The summed E-state index contributed by atoms with van der Waals surface area (Å²) in [6.07, 6.45) is 4.35. The van der Waals surface area contributed by atoms with E-state index < -0.39 is 0 Å². The lowest BCUT2D eigenvalue weighted by Crippen LogP contribution is -2.46. The molecule has 6 nitrogen and oxygen atoms in total. The first-order valence-electron chi connectivity index (χ1n) is 8.06. The highest BCUT2D eigenvalue weighted by Crippen LogP contribution is 2.21. The number of nitrogens with one attached hydrogen (secondary N) is 1. The smallest absolute Gasteiger partial charge is 0.245 e. The number of likely N-dealkylation sites (tertiary alicyclic amines) is 1. The summed E-state index contributed by atoms with van der Waals surface area (Å²) >= 11 is 1.57. The summed E-state index contributed by atoms with van der Waals surface area (Å²) in [4.78, 5) is 30.3. The van der Waals surface area contributed by atoms with E-state index in [1.54, 1.807) is 11.3 Å². The predicted molar refractivity (Wildman–Crippen MR) is 89.4 cm³/mol. The second-order valence-corrected chi connectivity index (χ2v) is 6.91. The molecule has 1 aliphatic rings. The minimum atomic E-state index is -0.112. The average Bonchev–Trinajstić information content (AvgIpc) is 2.93. The molecule has 0 saturated carbocycles. The quantitative estimate of drug-likeness (QED) is 0.818. The molecule has 0 radical (unpaired) electrons. The molecule has 2 amide bonds. The zero-order chi connectivity index (χ0) is 16.7. The number of methoxy groups -OCH3 is 1. The van der Waals surface area contributed by atoms with E-state index in [4.69, 9.17) is 4.74 Å². The van der Waals surface area contributed by atoms with E-state index in [1.165, 1.54) is 7.11 Å². The monoisotopic (exact) mass is 339 g/mol. The normalized spacial score (nSPS) is 18.0. The topological polar surface area (TPSA) is 71.5 Å². The number of aromatic nitrogens is 1. The maximum atomic E-state index is 12.6. The van der Waals surface area contributed by atoms with E-state index in [0.29, 0.717) is 13.0 Å². The van der Waals surface area contributed by atoms with Crippen molar-refractivity contribution in [3.63, 3.8) is 0 Å². The van der Waals surface area contributed by atoms with Crippen molar-refractivity contribution in [2.45, 2.75) is 45.1 Å². The third-order valence-electron chi connectivity index (χ3n) is 4.02. The molecule has 1 aromatic heterocycles. The van der Waals surface area contributed by atoms with Crippen LogP contribution in [0.25, 0.3) is 0 Å². The van der Waals surface area contributed by atoms with Crippen LogP contribution in [0.15, 0.2) is 5.38 Å². The fourth-order valence-electron chi connectivity index (χ4n) is 2.94. The molecule has 0 spiro atoms. The third kappa shape index (κ3) is 5.58. The number of carbonyl (C=O) groups is 2. The molecule has 1 atom stereocenters. The molecule has 1 aliphatic heterocycles. The second kappa shape index (κ2) is 8.98. The summed E-state index contributed by atoms with van der Waals surface area (Å²) in [6.45, 7) is 3.41. The first-order chi connectivity index (χ1) is 11.1. The van der Waals surface area contributed by atoms with Crippen molar-refractivity contribution < 1.29 is 14.3 Å². The van der Waals surface area contributed by atoms with E-state index in [-0.39, 0.29) is 24.5 Å². The van der Waals surface area contributed by atoms with Gasteiger partial charge in [0.1, 0.15) is 6.61 Å². The minimum Gasteiger partial charge on any atom is -0.375 e. The highest BCUT2D eigenvalue weighted by Gasteiger charge is 2.26. The lowest BCUT2D eigenvalue weighted by atomic mass is 9.98. The number of amides is 2. The van der Waals surface area contributed by atoms with Crippen LogP contribution >= 0.6 is 11.3 Å². The Morgan fingerprint density at radius 3 is 3.00 bits per heavy atom. The largest absolute Gasteiger partial charge is 0.375 e. The van der Waals surface area contributed by atoms with Gasteiger partial charge in [-0.2, -0.15) is 0 Å². The zero-order valence-corrected chi connectivity index (χ0v) is 14.7. The third-order valence-corrected chi connectivity index (χ3v) is 4.84. The van der Waals surface area contributed by atoms with Gasteiger partial charge in [-0.3, -0.25) is 9.59 Å². The van der Waals surface area contributed by atoms with Crippen molar-refractivity contribution in [2.75, 3.05) is 26.8 Å². The highest BCUT2D eigenvalue weighted by molar-refractivity contribution is 7.09. The van der Waals surface area contributed by atoms with E-state index in [9.17, 15) is 9.59 Å². The van der Waals surface area contributed by atoms with Gasteiger partial charge in [-0.15, -0.1) is 11.3 Å². The predicted octanol–water partition coefficient (Wildman–Crippen LogP) is 1.53. The molecule has 128 valence electrons. The second-order valence-electron chi connectivity index (χ2n) is 5.84. The summed E-state index contributed by atoms with van der Waals surface area (Å²) in [5, 5.41) is 5.78. The summed E-state index contributed by atoms with van der Waals surface area (Å²) in [7, 11) is 1.50. The van der Waals surface area contributed by atoms with Crippen molar-refractivity contribution >= 4 is 23.2 Å². The summed E-state index contributed by atoms with van der Waals surface area (Å²) in [5.74, 6) is 0.0300. The molecule has 1 N–H and O–H groups in total. The van der Waals surface area contributed by atoms with E-state index >= 15 is 0 Å². The summed E-state index contributed by atoms with van der Waals surface area (Å²) in [5.41, 5.74) is 0.857. The molecule has 0 aromatic carbocycles. The number of hydrogen-bond acceptors (Lipinski definition) is 5. The van der Waals surface area contributed by atoms with Gasteiger partial charge in [0.05, 0.1) is 17.1 Å². The molecule has 2 heterocycles. The van der Waals surface area contributed by atoms with Crippen molar-refractivity contribution in [2.24, 2.45) is 0 Å². The van der Waals surface area contributed by atoms with E-state index in [1.807, 2.05) is 17.2 Å². The average molecular weight is 339 g/mol. The van der Waals surface area contributed by atoms with Crippen LogP contribution in [-0.2, 0) is 20.7 Å². The Morgan fingerprint density at radius 1 is 1.48 bits per heavy atom. The molecule has 7 heteroatoms. The van der Waals surface area contributed by atoms with E-state index in [2.05, 4.69) is 10.3 Å². The van der Waals surface area contributed by atoms with Gasteiger partial charge in [0.15, 0.2) is 0 Å². The first-order valence-corrected chi connectivity index (χ1v) is 8.94. The maximum absolute atomic E-state index is 12.6. The van der Waals surface area contributed by atoms with Crippen molar-refractivity contribution in [1.82, 2.24) is 15.2 Å². The number of piperidine rings is 1. The Bertz CT molecular complexity index is 532. The lowest BCUT2D eigenvalue weighted by Gasteiger charge is -2.36. The Hall–Kier alpha value is -1.47. The van der Waals surface area contributed by atoms with Crippen molar-refractivity contribution in [3.05, 3.63) is 16.1 Å². The summed E-state index contributed by atoms with van der Waals surface area (Å²) in [6, 6.07) is 0.207. The molecule has 1 saturated heterocycles. The van der Waals surface area contributed by atoms with Crippen LogP contribution in [0.3, 0.4) is 0 Å². The fraction of sp³-hybridized carbons (Fsp3) is 0.688. The Balaban J connectivity index is 1.84. The molecule has 2 rings (SSSR count). The molecule has 0 aliphatic carbocycles. The van der Waals surface area contributed by atoms with Gasteiger partial charge in [-0.1, -0.05) is 0 Å². The molecule has 23 heavy (non-hydrogen) atoms. The number of thiazole rings is 1. The number of carbonyl (C=O) groups excluding carboxylic acids is 2. The highest BCUT2D eigenvalue weighted by atomic mass is 32.1. The van der Waals surface area contributed by atoms with Crippen LogP contribution in [0, 0.1) is 6.92 Å². The standard InChI is InChI=1S/C16H25N3O3S/c1-12-18-13(11-23-12)9-16(21)19-8-4-3-5-14(19)6-7-17-15(20)10-22-2/h11,14H,3-10H2,1-2H3,(H,17,20)/t14-/m0/s1. The number of aryl methyl sites for hydroxylation is 1. The number of nitrogens with zero attached hydrogens (tertiary/aromatic N) is 2. The van der Waals surface area contributed by atoms with Gasteiger partial charge in [0, 0.05) is 31.6 Å². The number of hydrogen-bond donors (Lipinski definition) is 1. The van der Waals surface area contributed by atoms with Crippen LogP contribution < -0.4 is 5.32 Å². The van der Waals surface area contributed by atoms with Gasteiger partial charge in [-0.05, 0) is 32.6 Å². The van der Waals surface area contributed by atoms with Gasteiger partial charge in [-0.25, -0.2) is 4.98 Å². The van der Waals surface area contributed by atoms with Crippen molar-refractivity contribution in [1.29, 1.82) is 0 Å². The Labute approximate surface area is 141 Å². The van der Waals surface area contributed by atoms with Crippen molar-refractivity contribution in [3.8, 4) is 0 Å². The van der Waals surface area contributed by atoms with Gasteiger partial charge in [0.25, 0.3) is 0 Å². The maximum Gasteiger partial charge on any atom is 0.245 e. The molecule has 1 fully saturated rings. The zero-order valence-electron chi connectivity index (χ0n) is 13.8. The first kappa shape index (κ1) is 17.9. The molecule has 1 aromatic rings. The van der Waals surface area contributed by atoms with Crippen LogP contribution in [-0.4, -0.2) is 54.5 Å². The van der Waals surface area contributed by atoms with E-state index in [0.717, 1.165) is 42.9 Å². The van der Waals surface area contributed by atoms with Crippen LogP contribution in [0.4, 0.5) is 0 Å². The summed E-state index contributed by atoms with van der Waals surface area (Å²) < 4.78 is 4.79. The van der Waals surface area contributed by atoms with Gasteiger partial charge in [0.2, 0.25) is 11.8 Å². The Morgan fingerprint density at radius 2 is 2.30 bits per heavy atom. The molecule has 0 bridgehead atoms. The molecular weight excluding hydrogens is 314 g/mol. The van der Waals surface area contributed by atoms with Gasteiger partial charge < -0.3 is 15.0 Å². The van der Waals surface area contributed by atoms with Crippen LogP contribution in [0.1, 0.15) is 36.4 Å². The van der Waals surface area contributed by atoms with Crippen LogP contribution in [0.5, 0.6) is 0 Å². The van der Waals surface area contributed by atoms with Gasteiger partial charge >= 0.3 is 0 Å². The molecular formula is C16H25N3O3S. The van der Waals surface area contributed by atoms with Crippen LogP contribution in [0.2, 0.25) is 0 Å². The molecule has 0 unspecified atom stereocenters. The fourth-order valence-corrected chi connectivity index (χ4v) is 3.55. The minimum absolute atomic E-state index is 0.0798. The number of ether oxygens (including phenoxy) is 1. The number of rotatable bonds is 7. The lowest BCUT2D eigenvalue weighted by molar-refractivity contribution is -0.134. The SMILES string of the molecule is COCC(=O)NCC[C@@H]1CCCCN1C(=O)Cc1csc(C)n1.